The largest absolute Gasteiger partial charge is 0.478 e. The number of methoxy groups -OCH3 is 1. The second-order valence-electron chi connectivity index (χ2n) is 8.37. The van der Waals surface area contributed by atoms with Crippen molar-refractivity contribution in [2.24, 2.45) is 0 Å². The van der Waals surface area contributed by atoms with Crippen molar-refractivity contribution < 1.29 is 34.1 Å². The lowest BCUT2D eigenvalue weighted by Gasteiger charge is -2.42. The molecule has 0 spiro atoms. The summed E-state index contributed by atoms with van der Waals surface area (Å²) in [5, 5.41) is 16.5. The smallest absolute Gasteiger partial charge is 0.328 e. The maximum Gasteiger partial charge on any atom is 0.328 e. The summed E-state index contributed by atoms with van der Waals surface area (Å²) >= 11 is 12.1. The molecule has 192 valence electrons. The molecule has 1 amide bonds. The maximum atomic E-state index is 13.2. The number of likely N-dealkylation sites (tertiary alicyclic amines) is 2. The van der Waals surface area contributed by atoms with E-state index < -0.39 is 18.0 Å². The Hall–Kier alpha value is -2.62. The molecule has 2 aliphatic rings. The topological polar surface area (TPSA) is 124 Å². The number of piperidine rings is 1. The first kappa shape index (κ1) is 28.6. The van der Waals surface area contributed by atoms with Crippen LogP contribution in [-0.4, -0.2) is 82.7 Å². The first-order valence-electron chi connectivity index (χ1n) is 11.3. The summed E-state index contributed by atoms with van der Waals surface area (Å²) < 4.78 is 4.99. The Kier molecular flexibility index (Phi) is 11.5. The molecule has 0 aromatic heterocycles. The van der Waals surface area contributed by atoms with E-state index in [1.54, 1.807) is 23.1 Å². The molecule has 2 heterocycles. The van der Waals surface area contributed by atoms with E-state index in [9.17, 15) is 19.2 Å². The van der Waals surface area contributed by atoms with Gasteiger partial charge in [-0.2, -0.15) is 0 Å². The van der Waals surface area contributed by atoms with Gasteiger partial charge in [0.1, 0.15) is 6.04 Å². The third-order valence-corrected chi connectivity index (χ3v) is 6.62. The highest BCUT2D eigenvalue weighted by Gasteiger charge is 2.39. The minimum Gasteiger partial charge on any atom is -0.478 e. The summed E-state index contributed by atoms with van der Waals surface area (Å²) in [7, 11) is 1.38. The van der Waals surface area contributed by atoms with Gasteiger partial charge in [0.2, 0.25) is 5.91 Å². The van der Waals surface area contributed by atoms with Crippen molar-refractivity contribution >= 4 is 47.0 Å². The molecule has 1 aromatic rings. The van der Waals surface area contributed by atoms with Crippen LogP contribution < -0.4 is 0 Å². The highest BCUT2D eigenvalue weighted by atomic mass is 35.5. The number of hydrogen-bond acceptors (Lipinski definition) is 6. The van der Waals surface area contributed by atoms with E-state index in [-0.39, 0.29) is 24.3 Å². The molecule has 2 N–H and O–H groups in total. The average Bonchev–Trinajstić information content (AvgIpc) is 3.33. The van der Waals surface area contributed by atoms with Gasteiger partial charge in [0.15, 0.2) is 0 Å². The number of nitrogens with zero attached hydrogens (tertiary/aromatic N) is 2. The molecule has 0 aliphatic carbocycles. The molecular formula is C24H30Cl2N2O7. The summed E-state index contributed by atoms with van der Waals surface area (Å²) in [5.74, 6) is -2.91. The lowest BCUT2D eigenvalue weighted by molar-refractivity contribution is -0.157. The minimum atomic E-state index is -1.26. The number of benzene rings is 1. The Labute approximate surface area is 214 Å². The summed E-state index contributed by atoms with van der Waals surface area (Å²) in [6.07, 6.45) is 6.20. The number of amides is 1. The van der Waals surface area contributed by atoms with Gasteiger partial charge in [-0.3, -0.25) is 4.79 Å². The van der Waals surface area contributed by atoms with Crippen molar-refractivity contribution in [3.8, 4) is 0 Å². The SMILES string of the molecule is COC(=O)C1CCCC(CN2CCCC2)N1C(=O)Cc1ccc(Cl)c(Cl)c1.O=C(O)C=CC(=O)O. The van der Waals surface area contributed by atoms with Gasteiger partial charge in [-0.05, 0) is 62.9 Å². The Bertz CT molecular complexity index is 932. The predicted molar refractivity (Wildman–Crippen MR) is 131 cm³/mol. The summed E-state index contributed by atoms with van der Waals surface area (Å²) in [5.41, 5.74) is 0.795. The highest BCUT2D eigenvalue weighted by molar-refractivity contribution is 6.42. The monoisotopic (exact) mass is 528 g/mol. The summed E-state index contributed by atoms with van der Waals surface area (Å²) in [4.78, 5) is 48.8. The minimum absolute atomic E-state index is 0.0382. The van der Waals surface area contributed by atoms with Crippen LogP contribution in [-0.2, 0) is 30.3 Å². The molecule has 2 saturated heterocycles. The molecule has 35 heavy (non-hydrogen) atoms. The highest BCUT2D eigenvalue weighted by Crippen LogP contribution is 2.28. The lowest BCUT2D eigenvalue weighted by atomic mass is 9.94. The number of carbonyl (C=O) groups excluding carboxylic acids is 2. The molecule has 0 saturated carbocycles. The molecule has 2 unspecified atom stereocenters. The van der Waals surface area contributed by atoms with Gasteiger partial charge in [0.05, 0.1) is 23.6 Å². The van der Waals surface area contributed by atoms with Crippen LogP contribution in [0, 0.1) is 0 Å². The van der Waals surface area contributed by atoms with Gasteiger partial charge in [-0.25, -0.2) is 14.4 Å². The van der Waals surface area contributed by atoms with Gasteiger partial charge in [0.25, 0.3) is 0 Å². The van der Waals surface area contributed by atoms with Crippen LogP contribution in [0.5, 0.6) is 0 Å². The van der Waals surface area contributed by atoms with E-state index in [1.165, 1.54) is 20.0 Å². The molecule has 2 atom stereocenters. The van der Waals surface area contributed by atoms with E-state index in [0.29, 0.717) is 28.6 Å². The summed E-state index contributed by atoms with van der Waals surface area (Å²) in [6.45, 7) is 2.95. The second-order valence-corrected chi connectivity index (χ2v) is 9.18. The number of hydrogen-bond donors (Lipinski definition) is 2. The average molecular weight is 529 g/mol. The van der Waals surface area contributed by atoms with Gasteiger partial charge < -0.3 is 24.7 Å². The van der Waals surface area contributed by atoms with Crippen molar-refractivity contribution in [2.75, 3.05) is 26.7 Å². The fraction of sp³-hybridized carbons (Fsp3) is 0.500. The van der Waals surface area contributed by atoms with Crippen LogP contribution in [0.3, 0.4) is 0 Å². The number of carboxylic acid groups (broad SMARTS) is 2. The van der Waals surface area contributed by atoms with Gasteiger partial charge in [-0.15, -0.1) is 0 Å². The van der Waals surface area contributed by atoms with E-state index in [4.69, 9.17) is 38.2 Å². The Morgan fingerprint density at radius 1 is 1.00 bits per heavy atom. The summed E-state index contributed by atoms with van der Waals surface area (Å²) in [6, 6.07) is 4.75. The molecule has 11 heteroatoms. The first-order chi connectivity index (χ1) is 16.6. The van der Waals surface area contributed by atoms with Gasteiger partial charge in [0, 0.05) is 24.7 Å². The number of ether oxygens (including phenoxy) is 1. The van der Waals surface area contributed by atoms with Crippen LogP contribution in [0.1, 0.15) is 37.7 Å². The lowest BCUT2D eigenvalue weighted by Crippen LogP contribution is -2.57. The van der Waals surface area contributed by atoms with Crippen molar-refractivity contribution in [3.63, 3.8) is 0 Å². The van der Waals surface area contributed by atoms with Crippen LogP contribution in [0.2, 0.25) is 10.0 Å². The Morgan fingerprint density at radius 2 is 1.63 bits per heavy atom. The second kappa shape index (κ2) is 14.1. The number of carbonyl (C=O) groups is 4. The van der Waals surface area contributed by atoms with Crippen molar-refractivity contribution in [2.45, 2.75) is 50.6 Å². The molecule has 0 bridgehead atoms. The van der Waals surface area contributed by atoms with E-state index in [2.05, 4.69) is 4.90 Å². The Balaban J connectivity index is 0.000000466. The van der Waals surface area contributed by atoms with Crippen molar-refractivity contribution in [1.29, 1.82) is 0 Å². The molecule has 0 radical (unpaired) electrons. The third-order valence-electron chi connectivity index (χ3n) is 5.88. The van der Waals surface area contributed by atoms with Crippen LogP contribution in [0.15, 0.2) is 30.4 Å². The maximum absolute atomic E-state index is 13.2. The van der Waals surface area contributed by atoms with Crippen molar-refractivity contribution in [3.05, 3.63) is 46.0 Å². The molecule has 2 aliphatic heterocycles. The number of aliphatic carboxylic acids is 2. The normalized spacial score (nSPS) is 20.3. The molecular weight excluding hydrogens is 499 g/mol. The van der Waals surface area contributed by atoms with Crippen LogP contribution in [0.25, 0.3) is 0 Å². The number of esters is 1. The van der Waals surface area contributed by atoms with Crippen molar-refractivity contribution in [1.82, 2.24) is 9.80 Å². The number of rotatable bonds is 7. The fourth-order valence-corrected chi connectivity index (χ4v) is 4.65. The fourth-order valence-electron chi connectivity index (χ4n) is 4.32. The zero-order valence-corrected chi connectivity index (χ0v) is 21.0. The molecule has 9 nitrogen and oxygen atoms in total. The van der Waals surface area contributed by atoms with Crippen LogP contribution >= 0.6 is 23.2 Å². The molecule has 3 rings (SSSR count). The van der Waals surface area contributed by atoms with Gasteiger partial charge >= 0.3 is 17.9 Å². The van der Waals surface area contributed by atoms with Gasteiger partial charge in [-0.1, -0.05) is 29.3 Å². The standard InChI is InChI=1S/C20H26Cl2N2O3.C4H4O4/c1-27-20(26)18-6-4-5-15(13-23-9-2-3-10-23)24(18)19(25)12-14-7-8-16(21)17(22)11-14;5-3(6)1-2-4(7)8/h7-8,11,15,18H,2-6,9-10,12-13H2,1H3;1-2H,(H,5,6)(H,7,8). The zero-order chi connectivity index (χ0) is 26.0. The number of carboxylic acids is 2. The van der Waals surface area contributed by atoms with E-state index >= 15 is 0 Å². The van der Waals surface area contributed by atoms with Crippen LogP contribution in [0.4, 0.5) is 0 Å². The van der Waals surface area contributed by atoms with E-state index in [0.717, 1.165) is 38.0 Å². The number of halogens is 2. The molecule has 1 aromatic carbocycles. The van der Waals surface area contributed by atoms with E-state index in [1.807, 2.05) is 0 Å². The third kappa shape index (κ3) is 9.16. The Morgan fingerprint density at radius 3 is 2.17 bits per heavy atom. The quantitative estimate of drug-likeness (QED) is 0.408. The zero-order valence-electron chi connectivity index (χ0n) is 19.5. The molecule has 2 fully saturated rings. The predicted octanol–water partition coefficient (Wildman–Crippen LogP) is 3.27. The first-order valence-corrected chi connectivity index (χ1v) is 12.1.